The van der Waals surface area contributed by atoms with E-state index in [0.29, 0.717) is 6.04 Å². The average Bonchev–Trinajstić information content (AvgIpc) is 2.56. The maximum Gasteiger partial charge on any atom is 0.107 e. The van der Waals surface area contributed by atoms with Gasteiger partial charge in [0.25, 0.3) is 0 Å². The fourth-order valence-electron chi connectivity index (χ4n) is 1.72. The van der Waals surface area contributed by atoms with Gasteiger partial charge in [-0.15, -0.1) is 0 Å². The van der Waals surface area contributed by atoms with E-state index in [1.54, 1.807) is 6.20 Å². The Morgan fingerprint density at radius 3 is 2.53 bits per heavy atom. The van der Waals surface area contributed by atoms with E-state index in [-0.39, 0.29) is 0 Å². The predicted molar refractivity (Wildman–Crippen MR) is 64.0 cm³/mol. The predicted octanol–water partition coefficient (Wildman–Crippen LogP) is 3.35. The first-order valence-corrected chi connectivity index (χ1v) is 5.48. The Bertz CT molecular complexity index is 429. The van der Waals surface area contributed by atoms with Crippen LogP contribution in [0, 0.1) is 6.92 Å². The molecule has 2 heterocycles. The topological polar surface area (TPSA) is 30.7 Å². The third-order valence-corrected chi connectivity index (χ3v) is 2.18. The second-order valence-corrected chi connectivity index (χ2v) is 3.49. The highest BCUT2D eigenvalue weighted by molar-refractivity contribution is 5.74. The summed E-state index contributed by atoms with van der Waals surface area (Å²) >= 11 is 0. The number of imidazole rings is 1. The fourth-order valence-corrected chi connectivity index (χ4v) is 1.72. The lowest BCUT2D eigenvalue weighted by Gasteiger charge is -2.09. The summed E-state index contributed by atoms with van der Waals surface area (Å²) in [5.41, 5.74) is 2.15. The molecule has 0 spiro atoms. The van der Waals surface area contributed by atoms with Crippen LogP contribution in [0.5, 0.6) is 0 Å². The Morgan fingerprint density at radius 1 is 1.27 bits per heavy atom. The van der Waals surface area contributed by atoms with Gasteiger partial charge < -0.3 is 4.57 Å². The molecule has 0 saturated heterocycles. The normalized spacial score (nSPS) is 10.3. The monoisotopic (exact) mass is 205 g/mol. The van der Waals surface area contributed by atoms with Gasteiger partial charge in [-0.05, 0) is 26.8 Å². The Balaban J connectivity index is 0.000000531. The maximum atomic E-state index is 4.43. The highest BCUT2D eigenvalue weighted by atomic mass is 15.1. The second kappa shape index (κ2) is 4.91. The number of aromatic nitrogens is 3. The van der Waals surface area contributed by atoms with Crippen molar-refractivity contribution >= 4 is 11.0 Å². The van der Waals surface area contributed by atoms with E-state index >= 15 is 0 Å². The van der Waals surface area contributed by atoms with Crippen molar-refractivity contribution in [3.8, 4) is 0 Å². The molecule has 0 saturated carbocycles. The molecule has 0 atom stereocenters. The summed E-state index contributed by atoms with van der Waals surface area (Å²) in [5.74, 6) is 1.05. The quantitative estimate of drug-likeness (QED) is 0.714. The van der Waals surface area contributed by atoms with E-state index in [2.05, 4.69) is 28.4 Å². The van der Waals surface area contributed by atoms with Gasteiger partial charge in [-0.25, -0.2) is 4.98 Å². The molecule has 2 aromatic heterocycles. The lowest BCUT2D eigenvalue weighted by atomic mass is 10.3. The van der Waals surface area contributed by atoms with Gasteiger partial charge in [0.1, 0.15) is 11.3 Å². The van der Waals surface area contributed by atoms with Gasteiger partial charge in [-0.3, -0.25) is 4.98 Å². The van der Waals surface area contributed by atoms with Crippen LogP contribution in [0.15, 0.2) is 18.5 Å². The summed E-state index contributed by atoms with van der Waals surface area (Å²) < 4.78 is 2.22. The van der Waals surface area contributed by atoms with Crippen molar-refractivity contribution in [1.29, 1.82) is 0 Å². The summed E-state index contributed by atoms with van der Waals surface area (Å²) in [6.45, 7) is 10.4. The number of hydrogen-bond acceptors (Lipinski definition) is 2. The van der Waals surface area contributed by atoms with Crippen LogP contribution in [0.1, 0.15) is 39.6 Å². The molecule has 0 N–H and O–H groups in total. The Labute approximate surface area is 91.2 Å². The van der Waals surface area contributed by atoms with Gasteiger partial charge in [0.05, 0.1) is 11.7 Å². The molecule has 2 rings (SSSR count). The van der Waals surface area contributed by atoms with Crippen LogP contribution < -0.4 is 0 Å². The molecule has 3 nitrogen and oxygen atoms in total. The van der Waals surface area contributed by atoms with Crippen LogP contribution >= 0.6 is 0 Å². The largest absolute Gasteiger partial charge is 0.326 e. The molecule has 0 aliphatic heterocycles. The zero-order valence-electron chi connectivity index (χ0n) is 10.2. The first kappa shape index (κ1) is 11.7. The van der Waals surface area contributed by atoms with Gasteiger partial charge in [0, 0.05) is 12.2 Å². The zero-order chi connectivity index (χ0) is 11.4. The smallest absolute Gasteiger partial charge is 0.107 e. The van der Waals surface area contributed by atoms with Crippen LogP contribution in [0.2, 0.25) is 0 Å². The van der Waals surface area contributed by atoms with Crippen LogP contribution in [0.3, 0.4) is 0 Å². The van der Waals surface area contributed by atoms with Crippen LogP contribution in [0.25, 0.3) is 11.0 Å². The number of fused-ring (bicyclic) bond motifs is 1. The van der Waals surface area contributed by atoms with Gasteiger partial charge in [0.15, 0.2) is 0 Å². The second-order valence-electron chi connectivity index (χ2n) is 3.49. The standard InChI is InChI=1S/C10H13N3.C2H6/c1-7(2)13-8(3)12-9-6-11-5-4-10(9)13;1-2/h4-7H,1-3H3;1-2H3. The molecule has 15 heavy (non-hydrogen) atoms. The minimum atomic E-state index is 0.451. The van der Waals surface area contributed by atoms with Crippen molar-refractivity contribution in [2.75, 3.05) is 0 Å². The summed E-state index contributed by atoms with van der Waals surface area (Å²) in [5, 5.41) is 0. The van der Waals surface area contributed by atoms with E-state index < -0.39 is 0 Å². The summed E-state index contributed by atoms with van der Waals surface area (Å²) in [7, 11) is 0. The number of rotatable bonds is 1. The van der Waals surface area contributed by atoms with Crippen LogP contribution in [0.4, 0.5) is 0 Å². The minimum absolute atomic E-state index is 0.451. The average molecular weight is 205 g/mol. The van der Waals surface area contributed by atoms with E-state index in [1.165, 1.54) is 5.52 Å². The van der Waals surface area contributed by atoms with Gasteiger partial charge in [-0.1, -0.05) is 13.8 Å². The third kappa shape index (κ3) is 2.17. The Morgan fingerprint density at radius 2 is 1.93 bits per heavy atom. The molecular weight excluding hydrogens is 186 g/mol. The number of aryl methyl sites for hydroxylation is 1. The zero-order valence-corrected chi connectivity index (χ0v) is 10.2. The van der Waals surface area contributed by atoms with E-state index in [4.69, 9.17) is 0 Å². The lowest BCUT2D eigenvalue weighted by molar-refractivity contribution is 0.600. The van der Waals surface area contributed by atoms with Crippen molar-refractivity contribution in [3.63, 3.8) is 0 Å². The Kier molecular flexibility index (Phi) is 3.83. The molecule has 0 aliphatic carbocycles. The molecule has 0 bridgehead atoms. The van der Waals surface area contributed by atoms with Crippen molar-refractivity contribution in [2.24, 2.45) is 0 Å². The lowest BCUT2D eigenvalue weighted by Crippen LogP contribution is -2.02. The maximum absolute atomic E-state index is 4.43. The van der Waals surface area contributed by atoms with E-state index in [1.807, 2.05) is 33.0 Å². The van der Waals surface area contributed by atoms with Gasteiger partial charge in [-0.2, -0.15) is 0 Å². The van der Waals surface area contributed by atoms with Gasteiger partial charge >= 0.3 is 0 Å². The molecule has 0 amide bonds. The number of nitrogens with zero attached hydrogens (tertiary/aromatic N) is 3. The molecule has 82 valence electrons. The summed E-state index contributed by atoms with van der Waals surface area (Å²) in [6, 6.07) is 2.46. The first-order chi connectivity index (χ1) is 7.20. The first-order valence-electron chi connectivity index (χ1n) is 5.48. The fraction of sp³-hybridized carbons (Fsp3) is 0.500. The SMILES string of the molecule is CC.Cc1nc2cnccc2n1C(C)C. The summed E-state index contributed by atoms with van der Waals surface area (Å²) in [6.07, 6.45) is 3.61. The number of pyridine rings is 1. The molecule has 0 fully saturated rings. The van der Waals surface area contributed by atoms with Crippen LogP contribution in [-0.4, -0.2) is 14.5 Å². The highest BCUT2D eigenvalue weighted by Gasteiger charge is 2.08. The molecule has 0 aromatic carbocycles. The minimum Gasteiger partial charge on any atom is -0.326 e. The van der Waals surface area contributed by atoms with Crippen molar-refractivity contribution in [2.45, 2.75) is 40.7 Å². The molecular formula is C12H19N3. The molecule has 3 heteroatoms. The molecule has 0 aliphatic rings. The molecule has 0 radical (unpaired) electrons. The number of hydrogen-bond donors (Lipinski definition) is 0. The summed E-state index contributed by atoms with van der Waals surface area (Å²) in [4.78, 5) is 8.49. The van der Waals surface area contributed by atoms with Crippen molar-refractivity contribution < 1.29 is 0 Å². The molecule has 2 aromatic rings. The van der Waals surface area contributed by atoms with Gasteiger partial charge in [0.2, 0.25) is 0 Å². The van der Waals surface area contributed by atoms with E-state index in [0.717, 1.165) is 11.3 Å². The van der Waals surface area contributed by atoms with Crippen molar-refractivity contribution in [3.05, 3.63) is 24.3 Å². The third-order valence-electron chi connectivity index (χ3n) is 2.18. The van der Waals surface area contributed by atoms with E-state index in [9.17, 15) is 0 Å². The highest BCUT2D eigenvalue weighted by Crippen LogP contribution is 2.18. The molecule has 0 unspecified atom stereocenters. The van der Waals surface area contributed by atoms with Crippen molar-refractivity contribution in [1.82, 2.24) is 14.5 Å². The Hall–Kier alpha value is -1.38. The van der Waals surface area contributed by atoms with Crippen LogP contribution in [-0.2, 0) is 0 Å².